The van der Waals surface area contributed by atoms with Gasteiger partial charge in [0.25, 0.3) is 0 Å². The number of pyridine rings is 1. The average molecular weight is 245 g/mol. The van der Waals surface area contributed by atoms with Gasteiger partial charge >= 0.3 is 0 Å². The lowest BCUT2D eigenvalue weighted by atomic mass is 10.1. The third-order valence-corrected chi connectivity index (χ3v) is 3.46. The molecule has 94 valence electrons. The summed E-state index contributed by atoms with van der Waals surface area (Å²) < 4.78 is 0. The highest BCUT2D eigenvalue weighted by Gasteiger charge is 2.29. The number of aromatic amines is 1. The van der Waals surface area contributed by atoms with Gasteiger partial charge in [-0.3, -0.25) is 4.79 Å². The molecular weight excluding hydrogens is 230 g/mol. The quantitative estimate of drug-likeness (QED) is 0.844. The van der Waals surface area contributed by atoms with Gasteiger partial charge in [-0.1, -0.05) is 0 Å². The zero-order chi connectivity index (χ0) is 12.5. The van der Waals surface area contributed by atoms with Crippen molar-refractivity contribution in [3.8, 4) is 0 Å². The van der Waals surface area contributed by atoms with Crippen LogP contribution in [-0.2, 0) is 11.3 Å². The van der Waals surface area contributed by atoms with Crippen LogP contribution in [0.25, 0.3) is 11.0 Å². The maximum Gasteiger partial charge on any atom is 0.223 e. The first-order chi connectivity index (χ1) is 8.78. The number of hydrogen-bond donors (Lipinski definition) is 2. The minimum Gasteiger partial charge on any atom is -0.396 e. The lowest BCUT2D eigenvalue weighted by Gasteiger charge is -2.16. The Bertz CT molecular complexity index is 578. The molecule has 1 saturated heterocycles. The number of nitrogens with one attached hydrogen (secondary N) is 1. The number of amides is 1. The summed E-state index contributed by atoms with van der Waals surface area (Å²) in [5.41, 5.74) is 1.94. The van der Waals surface area contributed by atoms with E-state index < -0.39 is 0 Å². The maximum absolute atomic E-state index is 11.8. The number of likely N-dealkylation sites (tertiary alicyclic amines) is 1. The molecular formula is C13H15N3O2. The summed E-state index contributed by atoms with van der Waals surface area (Å²) in [6.07, 6.45) is 4.06. The highest BCUT2D eigenvalue weighted by Crippen LogP contribution is 2.22. The van der Waals surface area contributed by atoms with Gasteiger partial charge in [-0.2, -0.15) is 0 Å². The summed E-state index contributed by atoms with van der Waals surface area (Å²) in [7, 11) is 0. The number of aromatic nitrogens is 2. The molecule has 1 amide bonds. The highest BCUT2D eigenvalue weighted by molar-refractivity contribution is 5.81. The van der Waals surface area contributed by atoms with Crippen LogP contribution in [0, 0.1) is 5.92 Å². The van der Waals surface area contributed by atoms with Crippen LogP contribution in [0.3, 0.4) is 0 Å². The molecule has 1 atom stereocenters. The molecule has 2 aromatic heterocycles. The van der Waals surface area contributed by atoms with Crippen molar-refractivity contribution in [3.63, 3.8) is 0 Å². The van der Waals surface area contributed by atoms with Crippen LogP contribution < -0.4 is 0 Å². The van der Waals surface area contributed by atoms with E-state index in [1.165, 1.54) is 0 Å². The van der Waals surface area contributed by atoms with E-state index in [0.717, 1.165) is 16.6 Å². The molecule has 18 heavy (non-hydrogen) atoms. The summed E-state index contributed by atoms with van der Waals surface area (Å²) in [5.74, 6) is 0.204. The molecule has 1 unspecified atom stereocenters. The lowest BCUT2D eigenvalue weighted by molar-refractivity contribution is -0.128. The van der Waals surface area contributed by atoms with Crippen LogP contribution in [0.1, 0.15) is 12.0 Å². The van der Waals surface area contributed by atoms with E-state index in [1.807, 2.05) is 23.2 Å². The zero-order valence-corrected chi connectivity index (χ0v) is 9.97. The van der Waals surface area contributed by atoms with Gasteiger partial charge in [0.15, 0.2) is 0 Å². The predicted molar refractivity (Wildman–Crippen MR) is 66.7 cm³/mol. The topological polar surface area (TPSA) is 69.2 Å². The molecule has 2 aromatic rings. The number of nitrogens with zero attached hydrogens (tertiary/aromatic N) is 2. The minimum atomic E-state index is 0.0815. The third kappa shape index (κ3) is 1.86. The van der Waals surface area contributed by atoms with Crippen LogP contribution >= 0.6 is 0 Å². The van der Waals surface area contributed by atoms with Crippen LogP contribution in [0.5, 0.6) is 0 Å². The summed E-state index contributed by atoms with van der Waals surface area (Å²) in [6, 6.07) is 3.91. The lowest BCUT2D eigenvalue weighted by Crippen LogP contribution is -2.25. The van der Waals surface area contributed by atoms with Gasteiger partial charge in [0.2, 0.25) is 5.91 Å². The van der Waals surface area contributed by atoms with Crippen LogP contribution in [0.4, 0.5) is 0 Å². The van der Waals surface area contributed by atoms with Crippen molar-refractivity contribution in [3.05, 3.63) is 30.1 Å². The van der Waals surface area contributed by atoms with E-state index in [1.54, 1.807) is 6.20 Å². The molecule has 0 aromatic carbocycles. The molecule has 1 aliphatic heterocycles. The highest BCUT2D eigenvalue weighted by atomic mass is 16.3. The van der Waals surface area contributed by atoms with Gasteiger partial charge in [0, 0.05) is 49.8 Å². The number of carbonyl (C=O) groups excluding carboxylic acids is 1. The molecule has 0 aliphatic carbocycles. The minimum absolute atomic E-state index is 0.0815. The summed E-state index contributed by atoms with van der Waals surface area (Å²) in [4.78, 5) is 20.9. The van der Waals surface area contributed by atoms with Crippen molar-refractivity contribution in [2.24, 2.45) is 5.92 Å². The second-order valence-corrected chi connectivity index (χ2v) is 4.74. The smallest absolute Gasteiger partial charge is 0.223 e. The van der Waals surface area contributed by atoms with Gasteiger partial charge in [-0.05, 0) is 17.7 Å². The van der Waals surface area contributed by atoms with Gasteiger partial charge in [0.1, 0.15) is 5.65 Å². The zero-order valence-electron chi connectivity index (χ0n) is 9.97. The van der Waals surface area contributed by atoms with E-state index in [2.05, 4.69) is 9.97 Å². The Morgan fingerprint density at radius 3 is 3.17 bits per heavy atom. The summed E-state index contributed by atoms with van der Waals surface area (Å²) >= 11 is 0. The molecule has 1 fully saturated rings. The van der Waals surface area contributed by atoms with Crippen molar-refractivity contribution in [2.45, 2.75) is 13.0 Å². The largest absolute Gasteiger partial charge is 0.396 e. The predicted octanol–water partition coefficient (Wildman–Crippen LogP) is 0.904. The van der Waals surface area contributed by atoms with Crippen molar-refractivity contribution in [2.75, 3.05) is 13.2 Å². The van der Waals surface area contributed by atoms with E-state index in [9.17, 15) is 4.79 Å². The first kappa shape index (κ1) is 11.2. The maximum atomic E-state index is 11.8. The fourth-order valence-electron chi connectivity index (χ4n) is 2.49. The van der Waals surface area contributed by atoms with E-state index in [0.29, 0.717) is 19.5 Å². The van der Waals surface area contributed by atoms with Crippen molar-refractivity contribution in [1.29, 1.82) is 0 Å². The standard InChI is InChI=1S/C13H15N3O2/c17-8-9-5-12(18)16(6-9)7-10-1-3-14-13-11(10)2-4-15-13/h1-4,9,17H,5-8H2,(H,14,15). The first-order valence-corrected chi connectivity index (χ1v) is 6.07. The molecule has 3 rings (SSSR count). The second-order valence-electron chi connectivity index (χ2n) is 4.74. The van der Waals surface area contributed by atoms with Crippen LogP contribution in [0.2, 0.25) is 0 Å². The van der Waals surface area contributed by atoms with E-state index >= 15 is 0 Å². The fourth-order valence-corrected chi connectivity index (χ4v) is 2.49. The second kappa shape index (κ2) is 4.42. The third-order valence-electron chi connectivity index (χ3n) is 3.46. The number of H-pyrrole nitrogens is 1. The van der Waals surface area contributed by atoms with Gasteiger partial charge in [-0.25, -0.2) is 4.98 Å². The molecule has 0 saturated carbocycles. The van der Waals surface area contributed by atoms with Crippen molar-refractivity contribution in [1.82, 2.24) is 14.9 Å². The normalized spacial score (nSPS) is 19.9. The van der Waals surface area contributed by atoms with Gasteiger partial charge in [-0.15, -0.1) is 0 Å². The average Bonchev–Trinajstić information content (AvgIpc) is 2.97. The van der Waals surface area contributed by atoms with Crippen LogP contribution in [0.15, 0.2) is 24.5 Å². The number of aliphatic hydroxyl groups is 1. The van der Waals surface area contributed by atoms with Crippen LogP contribution in [-0.4, -0.2) is 39.0 Å². The Morgan fingerprint density at radius 2 is 2.39 bits per heavy atom. The molecule has 0 bridgehead atoms. The Hall–Kier alpha value is -1.88. The molecule has 5 nitrogen and oxygen atoms in total. The Kier molecular flexibility index (Phi) is 2.76. The Balaban J connectivity index is 1.84. The number of carbonyl (C=O) groups is 1. The summed E-state index contributed by atoms with van der Waals surface area (Å²) in [5, 5.41) is 10.2. The van der Waals surface area contributed by atoms with Crippen molar-refractivity contribution >= 4 is 16.9 Å². The number of fused-ring (bicyclic) bond motifs is 1. The van der Waals surface area contributed by atoms with Gasteiger partial charge < -0.3 is 15.0 Å². The monoisotopic (exact) mass is 245 g/mol. The van der Waals surface area contributed by atoms with E-state index in [4.69, 9.17) is 5.11 Å². The molecule has 5 heteroatoms. The van der Waals surface area contributed by atoms with Gasteiger partial charge in [0.05, 0.1) is 0 Å². The fraction of sp³-hybridized carbons (Fsp3) is 0.385. The first-order valence-electron chi connectivity index (χ1n) is 6.07. The molecule has 0 radical (unpaired) electrons. The summed E-state index contributed by atoms with van der Waals surface area (Å²) in [6.45, 7) is 1.31. The number of aliphatic hydroxyl groups excluding tert-OH is 1. The molecule has 0 spiro atoms. The van der Waals surface area contributed by atoms with Crippen molar-refractivity contribution < 1.29 is 9.90 Å². The molecule has 1 aliphatic rings. The molecule has 3 heterocycles. The number of rotatable bonds is 3. The molecule has 2 N–H and O–H groups in total. The Labute approximate surface area is 104 Å². The van der Waals surface area contributed by atoms with E-state index in [-0.39, 0.29) is 18.4 Å². The SMILES string of the molecule is O=C1CC(CO)CN1Cc1ccnc2[nH]ccc12. The Morgan fingerprint density at radius 1 is 1.50 bits per heavy atom. The number of hydrogen-bond acceptors (Lipinski definition) is 3.